The van der Waals surface area contributed by atoms with Crippen molar-refractivity contribution in [2.75, 3.05) is 14.2 Å². The second kappa shape index (κ2) is 22.3. The average molecular weight is 1010 g/mol. The summed E-state index contributed by atoms with van der Waals surface area (Å²) in [5, 5.41) is 43.7. The van der Waals surface area contributed by atoms with Crippen LogP contribution in [0.1, 0.15) is 133 Å². The molecule has 75 heavy (non-hydrogen) atoms. The van der Waals surface area contributed by atoms with Crippen LogP contribution in [0.25, 0.3) is 0 Å². The van der Waals surface area contributed by atoms with Gasteiger partial charge in [-0.3, -0.25) is 0 Å². The maximum absolute atomic E-state index is 12.3. The lowest BCUT2D eigenvalue weighted by Crippen LogP contribution is -2.12. The Morgan fingerprint density at radius 3 is 0.920 bits per heavy atom. The Balaban J connectivity index is 1.30. The molecule has 8 rings (SSSR count). The molecule has 0 fully saturated rings. The SMILES string of the molecule is COC(=O)c1ccc(COc2ccc(Cc3ccc(OCc4ccc(C(=O)OC)cc4)c(C(c4cc(C)c(O)cc4C)c4cc(C)c(O)cc4C)c3)cc2C(c2cc(C)c(O)cc2C)c2cc(C)c(O)cc2C)cc1. The molecule has 0 aliphatic carbocycles. The summed E-state index contributed by atoms with van der Waals surface area (Å²) in [6, 6.07) is 42.0. The van der Waals surface area contributed by atoms with Crippen LogP contribution in [-0.2, 0) is 29.1 Å². The van der Waals surface area contributed by atoms with Crippen LogP contribution in [0.2, 0.25) is 0 Å². The van der Waals surface area contributed by atoms with Crippen molar-refractivity contribution in [2.24, 2.45) is 0 Å². The summed E-state index contributed by atoms with van der Waals surface area (Å²) >= 11 is 0. The Hall–Kier alpha value is -8.50. The first-order valence-corrected chi connectivity index (χ1v) is 24.9. The van der Waals surface area contributed by atoms with Gasteiger partial charge in [-0.25, -0.2) is 9.59 Å². The number of carbonyl (C=O) groups is 2. The number of aryl methyl sites for hydroxylation is 8. The highest BCUT2D eigenvalue weighted by Crippen LogP contribution is 2.46. The highest BCUT2D eigenvalue weighted by molar-refractivity contribution is 5.89. The fraction of sp³-hybridized carbons (Fsp3) is 0.231. The summed E-state index contributed by atoms with van der Waals surface area (Å²) in [5.41, 5.74) is 16.6. The van der Waals surface area contributed by atoms with E-state index in [2.05, 4.69) is 24.3 Å². The van der Waals surface area contributed by atoms with Gasteiger partial charge in [0.05, 0.1) is 25.3 Å². The van der Waals surface area contributed by atoms with Gasteiger partial charge in [0.15, 0.2) is 0 Å². The van der Waals surface area contributed by atoms with E-state index in [0.717, 1.165) is 100 Å². The van der Waals surface area contributed by atoms with Crippen LogP contribution >= 0.6 is 0 Å². The third-order valence-electron chi connectivity index (χ3n) is 14.3. The summed E-state index contributed by atoms with van der Waals surface area (Å²) in [5.74, 6) is 0.403. The van der Waals surface area contributed by atoms with Crippen LogP contribution < -0.4 is 9.47 Å². The fourth-order valence-electron chi connectivity index (χ4n) is 9.94. The van der Waals surface area contributed by atoms with E-state index >= 15 is 0 Å². The molecular formula is C65H64O10. The molecule has 8 aromatic rings. The predicted octanol–water partition coefficient (Wildman–Crippen LogP) is 13.7. The summed E-state index contributed by atoms with van der Waals surface area (Å²) in [6.07, 6.45) is 0.492. The van der Waals surface area contributed by atoms with E-state index in [1.165, 1.54) is 14.2 Å². The zero-order valence-electron chi connectivity index (χ0n) is 44.2. The van der Waals surface area contributed by atoms with Crippen molar-refractivity contribution in [3.63, 3.8) is 0 Å². The zero-order valence-corrected chi connectivity index (χ0v) is 44.2. The Labute approximate surface area is 439 Å². The molecule has 0 unspecified atom stereocenters. The minimum atomic E-state index is -0.424. The summed E-state index contributed by atoms with van der Waals surface area (Å²) in [7, 11) is 2.71. The molecule has 0 aromatic heterocycles. The van der Waals surface area contributed by atoms with Gasteiger partial charge in [0.25, 0.3) is 0 Å². The van der Waals surface area contributed by atoms with Gasteiger partial charge in [0, 0.05) is 23.0 Å². The molecule has 0 saturated carbocycles. The van der Waals surface area contributed by atoms with Gasteiger partial charge < -0.3 is 39.4 Å². The van der Waals surface area contributed by atoms with Crippen molar-refractivity contribution in [1.82, 2.24) is 0 Å². The number of rotatable bonds is 16. The molecule has 0 aliphatic rings. The van der Waals surface area contributed by atoms with Crippen molar-refractivity contribution >= 4 is 11.9 Å². The maximum atomic E-state index is 12.3. The highest BCUT2D eigenvalue weighted by Gasteiger charge is 2.29. The molecule has 0 atom stereocenters. The van der Waals surface area contributed by atoms with Crippen molar-refractivity contribution in [3.05, 3.63) is 245 Å². The number of benzene rings is 8. The number of ether oxygens (including phenoxy) is 4. The van der Waals surface area contributed by atoms with E-state index < -0.39 is 23.8 Å². The van der Waals surface area contributed by atoms with Gasteiger partial charge in [0.2, 0.25) is 0 Å². The van der Waals surface area contributed by atoms with Crippen molar-refractivity contribution in [1.29, 1.82) is 0 Å². The lowest BCUT2D eigenvalue weighted by atomic mass is 9.78. The lowest BCUT2D eigenvalue weighted by molar-refractivity contribution is 0.0592. The van der Waals surface area contributed by atoms with Crippen LogP contribution in [0.3, 0.4) is 0 Å². The number of carbonyl (C=O) groups excluding carboxylic acids is 2. The first kappa shape index (κ1) is 52.8. The number of phenolic OH excluding ortho intramolecular Hbond substituents is 4. The molecule has 0 aliphatic heterocycles. The normalized spacial score (nSPS) is 11.3. The Morgan fingerprint density at radius 2 is 0.640 bits per heavy atom. The van der Waals surface area contributed by atoms with Gasteiger partial charge >= 0.3 is 11.9 Å². The number of esters is 2. The van der Waals surface area contributed by atoms with Gasteiger partial charge in [-0.05, 0) is 211 Å². The van der Waals surface area contributed by atoms with E-state index in [1.54, 1.807) is 48.5 Å². The standard InChI is InChI=1S/C65H64O10/c1-36-27-56(66)40(5)23-50(36)62(51-24-41(6)57(67)28-37(51)2)54-32-46(15-21-60(54)74-34-44-11-17-48(18-12-44)64(70)72-9)31-47-16-22-61(75-35-45-13-19-49(20-14-45)65(71)73-10)55(33-47)63(52-25-42(7)58(68)29-38(52)3)53-26-43(8)59(69)30-39(53)4/h11-30,32-33,62-63,66-69H,31,34-35H2,1-10H3. The topological polar surface area (TPSA) is 152 Å². The van der Waals surface area contributed by atoms with Crippen molar-refractivity contribution in [2.45, 2.75) is 86.9 Å². The minimum Gasteiger partial charge on any atom is -0.508 e. The minimum absolute atomic E-state index is 0.197. The van der Waals surface area contributed by atoms with Crippen LogP contribution in [0.5, 0.6) is 34.5 Å². The van der Waals surface area contributed by atoms with Gasteiger partial charge in [0.1, 0.15) is 47.7 Å². The Bertz CT molecular complexity index is 3100. The molecule has 10 nitrogen and oxygen atoms in total. The van der Waals surface area contributed by atoms with Crippen LogP contribution in [-0.4, -0.2) is 46.6 Å². The van der Waals surface area contributed by atoms with Crippen LogP contribution in [0, 0.1) is 55.4 Å². The van der Waals surface area contributed by atoms with E-state index in [9.17, 15) is 30.0 Å². The highest BCUT2D eigenvalue weighted by atomic mass is 16.5. The van der Waals surface area contributed by atoms with Crippen molar-refractivity contribution in [3.8, 4) is 34.5 Å². The van der Waals surface area contributed by atoms with Crippen LogP contribution in [0.4, 0.5) is 0 Å². The molecule has 384 valence electrons. The van der Waals surface area contributed by atoms with Gasteiger partial charge in [-0.15, -0.1) is 0 Å². The monoisotopic (exact) mass is 1000 g/mol. The summed E-state index contributed by atoms with van der Waals surface area (Å²) in [4.78, 5) is 24.5. The molecule has 0 saturated heterocycles. The Morgan fingerprint density at radius 1 is 0.360 bits per heavy atom. The van der Waals surface area contributed by atoms with E-state index in [0.29, 0.717) is 29.0 Å². The van der Waals surface area contributed by atoms with E-state index in [1.807, 2.05) is 116 Å². The number of aromatic hydroxyl groups is 4. The lowest BCUT2D eigenvalue weighted by Gasteiger charge is -2.27. The Kier molecular flexibility index (Phi) is 15.7. The molecule has 0 amide bonds. The molecule has 4 N–H and O–H groups in total. The quantitative estimate of drug-likeness (QED) is 0.0544. The second-order valence-corrected chi connectivity index (χ2v) is 19.7. The number of methoxy groups -OCH3 is 2. The third-order valence-corrected chi connectivity index (χ3v) is 14.3. The molecule has 0 bridgehead atoms. The number of phenols is 4. The average Bonchev–Trinajstić information content (AvgIpc) is 3.39. The molecule has 0 radical (unpaired) electrons. The molecule has 0 spiro atoms. The first-order valence-electron chi connectivity index (χ1n) is 24.9. The van der Waals surface area contributed by atoms with Gasteiger partial charge in [-0.2, -0.15) is 0 Å². The maximum Gasteiger partial charge on any atom is 0.337 e. The van der Waals surface area contributed by atoms with E-state index in [-0.39, 0.29) is 36.2 Å². The zero-order chi connectivity index (χ0) is 53.8. The molecular weight excluding hydrogens is 941 g/mol. The molecule has 10 heteroatoms. The predicted molar refractivity (Wildman–Crippen MR) is 292 cm³/mol. The smallest absolute Gasteiger partial charge is 0.337 e. The summed E-state index contributed by atoms with van der Waals surface area (Å²) in [6.45, 7) is 15.9. The van der Waals surface area contributed by atoms with E-state index in [4.69, 9.17) is 18.9 Å². The molecule has 0 heterocycles. The molecule has 8 aromatic carbocycles. The van der Waals surface area contributed by atoms with Crippen LogP contribution in [0.15, 0.2) is 133 Å². The third kappa shape index (κ3) is 11.5. The fourth-order valence-corrected chi connectivity index (χ4v) is 9.94. The second-order valence-electron chi connectivity index (χ2n) is 19.7. The van der Waals surface area contributed by atoms with Crippen molar-refractivity contribution < 1.29 is 49.0 Å². The summed E-state index contributed by atoms with van der Waals surface area (Å²) < 4.78 is 23.4. The number of hydrogen-bond acceptors (Lipinski definition) is 10. The first-order chi connectivity index (χ1) is 35.8. The number of hydrogen-bond donors (Lipinski definition) is 4. The van der Waals surface area contributed by atoms with Gasteiger partial charge in [-0.1, -0.05) is 72.8 Å². The largest absolute Gasteiger partial charge is 0.508 e.